The number of aryl methyl sites for hydroxylation is 1. The summed E-state index contributed by atoms with van der Waals surface area (Å²) >= 11 is 0. The SMILES string of the molecule is COCCN1CCN(Cc2c(C)nn(CCO)c2C)CC1. The summed E-state index contributed by atoms with van der Waals surface area (Å²) in [5, 5.41) is 13.6. The minimum absolute atomic E-state index is 0.138. The van der Waals surface area contributed by atoms with Crippen LogP contribution >= 0.6 is 0 Å². The minimum atomic E-state index is 0.138. The summed E-state index contributed by atoms with van der Waals surface area (Å²) in [5.74, 6) is 0. The van der Waals surface area contributed by atoms with Crippen molar-refractivity contribution in [3.8, 4) is 0 Å². The molecule has 0 amide bonds. The van der Waals surface area contributed by atoms with Gasteiger partial charge in [-0.3, -0.25) is 14.5 Å². The lowest BCUT2D eigenvalue weighted by molar-refractivity contribution is 0.0936. The van der Waals surface area contributed by atoms with Gasteiger partial charge in [-0.25, -0.2) is 0 Å². The van der Waals surface area contributed by atoms with Gasteiger partial charge in [0.2, 0.25) is 0 Å². The van der Waals surface area contributed by atoms with E-state index in [2.05, 4.69) is 28.7 Å². The Balaban J connectivity index is 1.89. The Bertz CT molecular complexity index is 439. The first-order chi connectivity index (χ1) is 10.2. The van der Waals surface area contributed by atoms with Crippen LogP contribution in [0.3, 0.4) is 0 Å². The Morgan fingerprint density at radius 2 is 1.76 bits per heavy atom. The lowest BCUT2D eigenvalue weighted by Crippen LogP contribution is -2.46. The molecule has 6 nitrogen and oxygen atoms in total. The molecule has 0 aliphatic carbocycles. The molecule has 1 aliphatic rings. The molecule has 0 unspecified atom stereocenters. The van der Waals surface area contributed by atoms with E-state index < -0.39 is 0 Å². The van der Waals surface area contributed by atoms with Gasteiger partial charge in [-0.2, -0.15) is 5.10 Å². The topological polar surface area (TPSA) is 53.8 Å². The number of hydrogen-bond donors (Lipinski definition) is 1. The summed E-state index contributed by atoms with van der Waals surface area (Å²) in [4.78, 5) is 4.94. The zero-order valence-corrected chi connectivity index (χ0v) is 13.5. The quantitative estimate of drug-likeness (QED) is 0.782. The first kappa shape index (κ1) is 16.4. The van der Waals surface area contributed by atoms with Crippen LogP contribution in [0.1, 0.15) is 17.0 Å². The molecule has 120 valence electrons. The molecule has 21 heavy (non-hydrogen) atoms. The minimum Gasteiger partial charge on any atom is -0.394 e. The van der Waals surface area contributed by atoms with Crippen LogP contribution in [-0.2, 0) is 17.8 Å². The van der Waals surface area contributed by atoms with E-state index in [0.717, 1.165) is 51.6 Å². The lowest BCUT2D eigenvalue weighted by Gasteiger charge is -2.34. The second kappa shape index (κ2) is 7.89. The molecular formula is C15H28N4O2. The highest BCUT2D eigenvalue weighted by atomic mass is 16.5. The van der Waals surface area contributed by atoms with E-state index in [0.29, 0.717) is 6.54 Å². The predicted molar refractivity (Wildman–Crippen MR) is 82.4 cm³/mol. The summed E-state index contributed by atoms with van der Waals surface area (Å²) in [5.41, 5.74) is 3.58. The largest absolute Gasteiger partial charge is 0.394 e. The molecule has 2 heterocycles. The van der Waals surface area contributed by atoms with Crippen molar-refractivity contribution in [3.05, 3.63) is 17.0 Å². The van der Waals surface area contributed by atoms with Gasteiger partial charge in [0.15, 0.2) is 0 Å². The molecule has 1 N–H and O–H groups in total. The van der Waals surface area contributed by atoms with Gasteiger partial charge in [-0.05, 0) is 13.8 Å². The van der Waals surface area contributed by atoms with Gasteiger partial charge in [-0.15, -0.1) is 0 Å². The summed E-state index contributed by atoms with van der Waals surface area (Å²) in [6.07, 6.45) is 0. The number of hydrogen-bond acceptors (Lipinski definition) is 5. The number of aromatic nitrogens is 2. The van der Waals surface area contributed by atoms with Crippen molar-refractivity contribution >= 4 is 0 Å². The fourth-order valence-electron chi connectivity index (χ4n) is 2.89. The van der Waals surface area contributed by atoms with Crippen molar-refractivity contribution in [1.29, 1.82) is 0 Å². The molecule has 1 fully saturated rings. The van der Waals surface area contributed by atoms with E-state index >= 15 is 0 Å². The average molecular weight is 296 g/mol. The van der Waals surface area contributed by atoms with Gasteiger partial charge >= 0.3 is 0 Å². The molecule has 0 saturated carbocycles. The molecule has 6 heteroatoms. The van der Waals surface area contributed by atoms with E-state index in [9.17, 15) is 0 Å². The van der Waals surface area contributed by atoms with Gasteiger partial charge in [-0.1, -0.05) is 0 Å². The number of nitrogens with zero attached hydrogens (tertiary/aromatic N) is 4. The van der Waals surface area contributed by atoms with E-state index in [1.54, 1.807) is 7.11 Å². The average Bonchev–Trinajstić information content (AvgIpc) is 2.75. The molecule has 2 rings (SSSR count). The van der Waals surface area contributed by atoms with Crippen molar-refractivity contribution in [1.82, 2.24) is 19.6 Å². The molecule has 0 atom stereocenters. The normalized spacial score (nSPS) is 17.5. The Labute approximate surface area is 127 Å². The third-order valence-electron chi connectivity index (χ3n) is 4.30. The van der Waals surface area contributed by atoms with Crippen LogP contribution in [0.25, 0.3) is 0 Å². The maximum atomic E-state index is 9.08. The van der Waals surface area contributed by atoms with Crippen LogP contribution in [0.15, 0.2) is 0 Å². The van der Waals surface area contributed by atoms with E-state index in [4.69, 9.17) is 9.84 Å². The highest BCUT2D eigenvalue weighted by molar-refractivity contribution is 5.24. The molecule has 1 aliphatic heterocycles. The Hall–Kier alpha value is -0.950. The van der Waals surface area contributed by atoms with Crippen LogP contribution in [0, 0.1) is 13.8 Å². The van der Waals surface area contributed by atoms with E-state index in [1.165, 1.54) is 11.3 Å². The number of rotatable bonds is 7. The summed E-state index contributed by atoms with van der Waals surface area (Å²) in [6, 6.07) is 0. The Morgan fingerprint density at radius 1 is 1.10 bits per heavy atom. The molecule has 1 aromatic heterocycles. The van der Waals surface area contributed by atoms with Crippen molar-refractivity contribution in [2.24, 2.45) is 0 Å². The summed E-state index contributed by atoms with van der Waals surface area (Å²) < 4.78 is 7.05. The Morgan fingerprint density at radius 3 is 2.38 bits per heavy atom. The fourth-order valence-corrected chi connectivity index (χ4v) is 2.89. The number of aliphatic hydroxyl groups is 1. The molecule has 1 saturated heterocycles. The van der Waals surface area contributed by atoms with Crippen molar-refractivity contribution in [2.75, 3.05) is 53.0 Å². The highest BCUT2D eigenvalue weighted by Crippen LogP contribution is 2.16. The first-order valence-corrected chi connectivity index (χ1v) is 7.73. The van der Waals surface area contributed by atoms with Gasteiger partial charge in [0.1, 0.15) is 0 Å². The van der Waals surface area contributed by atoms with Crippen LogP contribution in [0.4, 0.5) is 0 Å². The first-order valence-electron chi connectivity index (χ1n) is 7.73. The summed E-state index contributed by atoms with van der Waals surface area (Å²) in [6.45, 7) is 12.1. The van der Waals surface area contributed by atoms with Crippen LogP contribution < -0.4 is 0 Å². The smallest absolute Gasteiger partial charge is 0.0644 e. The van der Waals surface area contributed by atoms with Crippen molar-refractivity contribution in [2.45, 2.75) is 26.9 Å². The van der Waals surface area contributed by atoms with Gasteiger partial charge in [0, 0.05) is 57.6 Å². The molecule has 0 aromatic carbocycles. The van der Waals surface area contributed by atoms with Crippen LogP contribution in [0.2, 0.25) is 0 Å². The number of ether oxygens (including phenoxy) is 1. The number of piperazine rings is 1. The van der Waals surface area contributed by atoms with Crippen molar-refractivity contribution < 1.29 is 9.84 Å². The van der Waals surface area contributed by atoms with E-state index in [-0.39, 0.29) is 6.61 Å². The third kappa shape index (κ3) is 4.26. The maximum absolute atomic E-state index is 9.08. The molecule has 0 bridgehead atoms. The zero-order valence-electron chi connectivity index (χ0n) is 13.5. The standard InChI is InChI=1S/C15H28N4O2/c1-13-15(14(2)19(16-13)8-10-20)12-18-6-4-17(5-7-18)9-11-21-3/h20H,4-12H2,1-3H3. The highest BCUT2D eigenvalue weighted by Gasteiger charge is 2.19. The van der Waals surface area contributed by atoms with Crippen LogP contribution in [0.5, 0.6) is 0 Å². The molecular weight excluding hydrogens is 268 g/mol. The molecule has 1 aromatic rings. The number of aliphatic hydroxyl groups excluding tert-OH is 1. The number of methoxy groups -OCH3 is 1. The molecule has 0 radical (unpaired) electrons. The van der Waals surface area contributed by atoms with Crippen LogP contribution in [-0.4, -0.2) is 77.7 Å². The van der Waals surface area contributed by atoms with Gasteiger partial charge in [0.25, 0.3) is 0 Å². The maximum Gasteiger partial charge on any atom is 0.0644 e. The fraction of sp³-hybridized carbons (Fsp3) is 0.800. The zero-order chi connectivity index (χ0) is 15.2. The molecule has 0 spiro atoms. The van der Waals surface area contributed by atoms with E-state index in [1.807, 2.05) is 4.68 Å². The summed E-state index contributed by atoms with van der Waals surface area (Å²) in [7, 11) is 1.76. The lowest BCUT2D eigenvalue weighted by atomic mass is 10.1. The Kier molecular flexibility index (Phi) is 6.17. The van der Waals surface area contributed by atoms with Gasteiger partial charge < -0.3 is 9.84 Å². The third-order valence-corrected chi connectivity index (χ3v) is 4.30. The monoisotopic (exact) mass is 296 g/mol. The van der Waals surface area contributed by atoms with Crippen molar-refractivity contribution in [3.63, 3.8) is 0 Å². The van der Waals surface area contributed by atoms with Gasteiger partial charge in [0.05, 0.1) is 25.5 Å². The predicted octanol–water partition coefficient (Wildman–Crippen LogP) is 0.256. The second-order valence-corrected chi connectivity index (χ2v) is 5.71. The second-order valence-electron chi connectivity index (χ2n) is 5.71.